The summed E-state index contributed by atoms with van der Waals surface area (Å²) in [4.78, 5) is 0. The summed E-state index contributed by atoms with van der Waals surface area (Å²) in [5.74, 6) is 0. The van der Waals surface area contributed by atoms with E-state index in [1.807, 2.05) is 0 Å². The minimum absolute atomic E-state index is 0.440. The molecule has 0 bridgehead atoms. The Balaban J connectivity index is 1.93. The Kier molecular flexibility index (Phi) is 4.37. The largest absolute Gasteiger partial charge is 0.302 e. The van der Waals surface area contributed by atoms with E-state index in [2.05, 4.69) is 47.9 Å². The molecule has 1 aromatic carbocycles. The van der Waals surface area contributed by atoms with E-state index in [0.29, 0.717) is 12.2 Å². The molecule has 0 aliphatic carbocycles. The lowest BCUT2D eigenvalue weighted by atomic mass is 10.1. The van der Waals surface area contributed by atoms with E-state index in [-0.39, 0.29) is 0 Å². The summed E-state index contributed by atoms with van der Waals surface area (Å²) in [7, 11) is 0. The Morgan fingerprint density at radius 3 is 2.81 bits per heavy atom. The summed E-state index contributed by atoms with van der Waals surface area (Å²) in [6, 6.07) is 11.4. The number of nitrogens with one attached hydrogen (secondary N) is 2. The highest BCUT2D eigenvalue weighted by Gasteiger charge is 2.17. The van der Waals surface area contributed by atoms with Crippen molar-refractivity contribution >= 4 is 0 Å². The van der Waals surface area contributed by atoms with Gasteiger partial charge in [0, 0.05) is 12.5 Å². The van der Waals surface area contributed by atoms with Crippen LogP contribution in [0.4, 0.5) is 0 Å². The summed E-state index contributed by atoms with van der Waals surface area (Å²) in [5, 5.41) is 7.29. The van der Waals surface area contributed by atoms with Crippen LogP contribution in [0.25, 0.3) is 0 Å². The second-order valence-electron chi connectivity index (χ2n) is 4.61. The van der Waals surface area contributed by atoms with Crippen LogP contribution < -0.4 is 10.6 Å². The van der Waals surface area contributed by atoms with Gasteiger partial charge in [0.25, 0.3) is 0 Å². The molecule has 0 radical (unpaired) electrons. The Morgan fingerprint density at radius 2 is 2.06 bits per heavy atom. The average molecular weight is 218 g/mol. The third-order valence-corrected chi connectivity index (χ3v) is 3.33. The van der Waals surface area contributed by atoms with E-state index < -0.39 is 0 Å². The molecule has 0 spiro atoms. The molecule has 0 saturated carbocycles. The lowest BCUT2D eigenvalue weighted by Gasteiger charge is -2.22. The molecular formula is C14H22N2. The molecule has 1 heterocycles. The Labute approximate surface area is 98.4 Å². The van der Waals surface area contributed by atoms with Gasteiger partial charge in [-0.3, -0.25) is 5.32 Å². The SMILES string of the molecule is CCC1CCCNC(Cc2ccccc2)N1. The van der Waals surface area contributed by atoms with Gasteiger partial charge in [-0.05, 0) is 31.4 Å². The average Bonchev–Trinajstić information content (AvgIpc) is 2.55. The zero-order valence-electron chi connectivity index (χ0n) is 10.1. The summed E-state index contributed by atoms with van der Waals surface area (Å²) in [5.41, 5.74) is 1.41. The van der Waals surface area contributed by atoms with E-state index in [1.54, 1.807) is 0 Å². The van der Waals surface area contributed by atoms with Crippen LogP contribution in [0.2, 0.25) is 0 Å². The van der Waals surface area contributed by atoms with Crippen molar-refractivity contribution in [3.63, 3.8) is 0 Å². The fourth-order valence-corrected chi connectivity index (χ4v) is 2.35. The number of benzene rings is 1. The van der Waals surface area contributed by atoms with Gasteiger partial charge in [-0.15, -0.1) is 0 Å². The van der Waals surface area contributed by atoms with Crippen LogP contribution in [-0.2, 0) is 6.42 Å². The minimum atomic E-state index is 0.440. The molecule has 1 aliphatic heterocycles. The molecule has 2 unspecified atom stereocenters. The van der Waals surface area contributed by atoms with Crippen molar-refractivity contribution in [2.24, 2.45) is 0 Å². The first-order valence-electron chi connectivity index (χ1n) is 6.42. The third-order valence-electron chi connectivity index (χ3n) is 3.33. The van der Waals surface area contributed by atoms with Crippen LogP contribution in [0.5, 0.6) is 0 Å². The molecule has 2 nitrogen and oxygen atoms in total. The van der Waals surface area contributed by atoms with E-state index in [0.717, 1.165) is 13.0 Å². The van der Waals surface area contributed by atoms with Gasteiger partial charge in [-0.25, -0.2) is 0 Å². The minimum Gasteiger partial charge on any atom is -0.302 e. The maximum atomic E-state index is 3.70. The number of rotatable bonds is 3. The normalized spacial score (nSPS) is 26.3. The van der Waals surface area contributed by atoms with Crippen LogP contribution in [0, 0.1) is 0 Å². The maximum absolute atomic E-state index is 3.70. The lowest BCUT2D eigenvalue weighted by Crippen LogP contribution is -2.46. The Hall–Kier alpha value is -0.860. The van der Waals surface area contributed by atoms with Gasteiger partial charge in [-0.2, -0.15) is 0 Å². The van der Waals surface area contributed by atoms with Gasteiger partial charge in [0.2, 0.25) is 0 Å². The maximum Gasteiger partial charge on any atom is 0.0615 e. The standard InChI is InChI=1S/C14H22N2/c1-2-13-9-6-10-15-14(16-13)11-12-7-4-3-5-8-12/h3-5,7-8,13-16H,2,6,9-11H2,1H3. The van der Waals surface area contributed by atoms with Gasteiger partial charge < -0.3 is 5.32 Å². The highest BCUT2D eigenvalue weighted by Crippen LogP contribution is 2.09. The summed E-state index contributed by atoms with van der Waals surface area (Å²) in [6.07, 6.45) is 5.34. The van der Waals surface area contributed by atoms with Gasteiger partial charge in [0.15, 0.2) is 0 Å². The molecule has 1 aromatic rings. The fraction of sp³-hybridized carbons (Fsp3) is 0.571. The predicted molar refractivity (Wildman–Crippen MR) is 68.4 cm³/mol. The lowest BCUT2D eigenvalue weighted by molar-refractivity contribution is 0.392. The molecule has 1 saturated heterocycles. The molecule has 0 aromatic heterocycles. The summed E-state index contributed by atoms with van der Waals surface area (Å²) in [6.45, 7) is 3.41. The third kappa shape index (κ3) is 3.32. The van der Waals surface area contributed by atoms with E-state index in [4.69, 9.17) is 0 Å². The predicted octanol–water partition coefficient (Wildman–Crippen LogP) is 2.31. The van der Waals surface area contributed by atoms with Crippen molar-refractivity contribution in [1.82, 2.24) is 10.6 Å². The molecule has 1 aliphatic rings. The second kappa shape index (κ2) is 6.02. The van der Waals surface area contributed by atoms with Crippen LogP contribution in [0.15, 0.2) is 30.3 Å². The molecule has 1 fully saturated rings. The fourth-order valence-electron chi connectivity index (χ4n) is 2.35. The number of hydrogen-bond donors (Lipinski definition) is 2. The van der Waals surface area contributed by atoms with Crippen molar-refractivity contribution < 1.29 is 0 Å². The zero-order valence-corrected chi connectivity index (χ0v) is 10.1. The molecule has 88 valence electrons. The second-order valence-corrected chi connectivity index (χ2v) is 4.61. The Morgan fingerprint density at radius 1 is 1.25 bits per heavy atom. The topological polar surface area (TPSA) is 24.1 Å². The van der Waals surface area contributed by atoms with Gasteiger partial charge >= 0.3 is 0 Å². The Bertz CT molecular complexity index is 297. The zero-order chi connectivity index (χ0) is 11.2. The van der Waals surface area contributed by atoms with Crippen molar-refractivity contribution in [3.8, 4) is 0 Å². The van der Waals surface area contributed by atoms with Crippen LogP contribution in [0.3, 0.4) is 0 Å². The molecule has 0 amide bonds. The molecule has 16 heavy (non-hydrogen) atoms. The van der Waals surface area contributed by atoms with E-state index in [1.165, 1.54) is 24.8 Å². The van der Waals surface area contributed by atoms with Crippen molar-refractivity contribution in [1.29, 1.82) is 0 Å². The molecule has 2 atom stereocenters. The summed E-state index contributed by atoms with van der Waals surface area (Å²) < 4.78 is 0. The smallest absolute Gasteiger partial charge is 0.0615 e. The monoisotopic (exact) mass is 218 g/mol. The van der Waals surface area contributed by atoms with Crippen molar-refractivity contribution in [2.45, 2.75) is 44.8 Å². The van der Waals surface area contributed by atoms with Crippen LogP contribution >= 0.6 is 0 Å². The van der Waals surface area contributed by atoms with E-state index >= 15 is 0 Å². The number of hydrogen-bond acceptors (Lipinski definition) is 2. The van der Waals surface area contributed by atoms with Gasteiger partial charge in [0.05, 0.1) is 6.17 Å². The summed E-state index contributed by atoms with van der Waals surface area (Å²) >= 11 is 0. The molecule has 2 rings (SSSR count). The quantitative estimate of drug-likeness (QED) is 0.813. The van der Waals surface area contributed by atoms with E-state index in [9.17, 15) is 0 Å². The van der Waals surface area contributed by atoms with Crippen LogP contribution in [0.1, 0.15) is 31.7 Å². The van der Waals surface area contributed by atoms with Gasteiger partial charge in [-0.1, -0.05) is 37.3 Å². The molecule has 2 heteroatoms. The first-order chi connectivity index (χ1) is 7.88. The van der Waals surface area contributed by atoms with Crippen molar-refractivity contribution in [2.75, 3.05) is 6.54 Å². The molecular weight excluding hydrogens is 196 g/mol. The first kappa shape index (κ1) is 11.6. The highest BCUT2D eigenvalue weighted by atomic mass is 15.1. The van der Waals surface area contributed by atoms with Crippen LogP contribution in [-0.4, -0.2) is 18.8 Å². The molecule has 2 N–H and O–H groups in total. The first-order valence-corrected chi connectivity index (χ1v) is 6.42. The van der Waals surface area contributed by atoms with Gasteiger partial charge in [0.1, 0.15) is 0 Å². The highest BCUT2D eigenvalue weighted by molar-refractivity contribution is 5.15. The van der Waals surface area contributed by atoms with Crippen molar-refractivity contribution in [3.05, 3.63) is 35.9 Å².